The highest BCUT2D eigenvalue weighted by molar-refractivity contribution is 6.39. The fourth-order valence-electron chi connectivity index (χ4n) is 5.82. The zero-order valence-corrected chi connectivity index (χ0v) is 23.4. The Balaban J connectivity index is 1.31. The molecule has 6 rings (SSSR count). The minimum absolute atomic E-state index is 0.181. The third kappa shape index (κ3) is 5.29. The highest BCUT2D eigenvalue weighted by Gasteiger charge is 2.22. The smallest absolute Gasteiger partial charge is 0.260 e. The van der Waals surface area contributed by atoms with Gasteiger partial charge < -0.3 is 16.0 Å². The number of nitrogens with zero attached hydrogens (tertiary/aromatic N) is 3. The van der Waals surface area contributed by atoms with Crippen molar-refractivity contribution in [1.82, 2.24) is 25.2 Å². The Morgan fingerprint density at radius 3 is 2.36 bits per heavy atom. The molecule has 0 amide bonds. The largest absolute Gasteiger partial charge is 0.324 e. The summed E-state index contributed by atoms with van der Waals surface area (Å²) in [6, 6.07) is 14.1. The van der Waals surface area contributed by atoms with Crippen molar-refractivity contribution >= 4 is 45.9 Å². The van der Waals surface area contributed by atoms with E-state index in [0.29, 0.717) is 51.1 Å². The fourth-order valence-corrected chi connectivity index (χ4v) is 6.53. The second kappa shape index (κ2) is 11.3. The summed E-state index contributed by atoms with van der Waals surface area (Å²) < 4.78 is 1.65. The van der Waals surface area contributed by atoms with Gasteiger partial charge in [0.05, 0.1) is 15.6 Å². The lowest BCUT2D eigenvalue weighted by Crippen LogP contribution is -2.28. The number of aromatic nitrogens is 3. The van der Waals surface area contributed by atoms with Crippen LogP contribution in [0.3, 0.4) is 0 Å². The van der Waals surface area contributed by atoms with Gasteiger partial charge in [0.2, 0.25) is 5.95 Å². The van der Waals surface area contributed by atoms with Gasteiger partial charge in [-0.3, -0.25) is 9.36 Å². The van der Waals surface area contributed by atoms with Crippen LogP contribution in [0.25, 0.3) is 22.2 Å². The van der Waals surface area contributed by atoms with Gasteiger partial charge in [-0.25, -0.2) is 4.98 Å². The Morgan fingerprint density at radius 1 is 0.974 bits per heavy atom. The Kier molecular flexibility index (Phi) is 7.58. The van der Waals surface area contributed by atoms with Gasteiger partial charge in [0, 0.05) is 42.5 Å². The molecule has 2 aliphatic heterocycles. The Hall–Kier alpha value is -2.97. The minimum Gasteiger partial charge on any atom is -0.324 e. The molecule has 0 aliphatic carbocycles. The summed E-state index contributed by atoms with van der Waals surface area (Å²) in [7, 11) is 0. The predicted molar refractivity (Wildman–Crippen MR) is 160 cm³/mol. The van der Waals surface area contributed by atoms with Crippen LogP contribution in [0.4, 0.5) is 11.6 Å². The van der Waals surface area contributed by atoms with E-state index in [-0.39, 0.29) is 5.56 Å². The summed E-state index contributed by atoms with van der Waals surface area (Å²) in [6.07, 6.45) is 5.20. The summed E-state index contributed by atoms with van der Waals surface area (Å²) >= 11 is 13.5. The topological polar surface area (TPSA) is 83.9 Å². The van der Waals surface area contributed by atoms with E-state index in [1.807, 2.05) is 19.1 Å². The van der Waals surface area contributed by atoms with Crippen LogP contribution < -0.4 is 21.5 Å². The number of hydrogen-bond donors (Lipinski definition) is 3. The molecule has 2 aromatic carbocycles. The maximum Gasteiger partial charge on any atom is 0.260 e. The van der Waals surface area contributed by atoms with Crippen LogP contribution in [0.15, 0.2) is 53.5 Å². The van der Waals surface area contributed by atoms with Crippen molar-refractivity contribution in [2.75, 3.05) is 31.5 Å². The van der Waals surface area contributed by atoms with E-state index in [4.69, 9.17) is 28.2 Å². The zero-order valence-electron chi connectivity index (χ0n) is 21.9. The number of pyridine rings is 1. The maximum atomic E-state index is 13.7. The standard InChI is InChI=1S/C30H32Cl2N6O/c1-2-38-28-22(12-24(29(38)39)27-25(31)13-21(14-26(27)32)20-9-11-34-16-20)17-35-30(37-28)36-23-7-5-18(6-8-23)19-4-3-10-33-15-19/h5-8,12-14,17,19-20,33-34H,2-4,9-11,15-16H2,1H3,(H,35,36,37). The second-order valence-electron chi connectivity index (χ2n) is 10.4. The van der Waals surface area contributed by atoms with Crippen molar-refractivity contribution in [2.45, 2.75) is 44.6 Å². The average molecular weight is 564 g/mol. The molecule has 0 bridgehead atoms. The van der Waals surface area contributed by atoms with E-state index in [0.717, 1.165) is 49.2 Å². The fraction of sp³-hybridized carbons (Fsp3) is 0.367. The number of hydrogen-bond acceptors (Lipinski definition) is 6. The van der Waals surface area contributed by atoms with Crippen LogP contribution in [0, 0.1) is 0 Å². The molecular weight excluding hydrogens is 531 g/mol. The monoisotopic (exact) mass is 562 g/mol. The molecule has 2 fully saturated rings. The lowest BCUT2D eigenvalue weighted by Gasteiger charge is -2.23. The molecular formula is C30H32Cl2N6O. The predicted octanol–water partition coefficient (Wildman–Crippen LogP) is 6.07. The van der Waals surface area contributed by atoms with Crippen molar-refractivity contribution in [2.24, 2.45) is 0 Å². The molecule has 2 atom stereocenters. The van der Waals surface area contributed by atoms with Gasteiger partial charge in [-0.2, -0.15) is 4.98 Å². The van der Waals surface area contributed by atoms with E-state index in [2.05, 4.69) is 45.2 Å². The third-order valence-electron chi connectivity index (χ3n) is 7.94. The van der Waals surface area contributed by atoms with Crippen LogP contribution in [-0.4, -0.2) is 40.7 Å². The lowest BCUT2D eigenvalue weighted by atomic mass is 9.92. The molecule has 3 N–H and O–H groups in total. The first-order chi connectivity index (χ1) is 19.0. The first kappa shape index (κ1) is 26.3. The molecule has 2 unspecified atom stereocenters. The number of benzene rings is 2. The maximum absolute atomic E-state index is 13.7. The summed E-state index contributed by atoms with van der Waals surface area (Å²) in [5, 5.41) is 11.9. The number of rotatable bonds is 6. The average Bonchev–Trinajstić information content (AvgIpc) is 3.49. The number of piperidine rings is 1. The number of anilines is 2. The van der Waals surface area contributed by atoms with Crippen LogP contribution >= 0.6 is 23.2 Å². The lowest BCUT2D eigenvalue weighted by molar-refractivity contribution is 0.461. The highest BCUT2D eigenvalue weighted by atomic mass is 35.5. The molecule has 0 saturated carbocycles. The molecule has 9 heteroatoms. The van der Waals surface area contributed by atoms with Gasteiger partial charge in [0.1, 0.15) is 5.65 Å². The molecule has 202 valence electrons. The summed E-state index contributed by atoms with van der Waals surface area (Å²) in [6.45, 7) is 6.39. The van der Waals surface area contributed by atoms with Crippen molar-refractivity contribution in [3.63, 3.8) is 0 Å². The molecule has 2 saturated heterocycles. The number of nitrogens with one attached hydrogen (secondary N) is 3. The van der Waals surface area contributed by atoms with E-state index >= 15 is 0 Å². The normalized spacial score (nSPS) is 19.5. The Bertz CT molecular complexity index is 1530. The summed E-state index contributed by atoms with van der Waals surface area (Å²) in [5.41, 5.74) is 4.72. The van der Waals surface area contributed by atoms with Crippen LogP contribution in [0.2, 0.25) is 10.0 Å². The quantitative estimate of drug-likeness (QED) is 0.264. The van der Waals surface area contributed by atoms with Gasteiger partial charge in [-0.15, -0.1) is 0 Å². The minimum atomic E-state index is -0.181. The van der Waals surface area contributed by atoms with Crippen LogP contribution in [-0.2, 0) is 6.54 Å². The number of halogens is 2. The van der Waals surface area contributed by atoms with Crippen LogP contribution in [0.1, 0.15) is 49.1 Å². The first-order valence-corrected chi connectivity index (χ1v) is 14.5. The van der Waals surface area contributed by atoms with Crippen LogP contribution in [0.5, 0.6) is 0 Å². The highest BCUT2D eigenvalue weighted by Crippen LogP contribution is 2.38. The van der Waals surface area contributed by atoms with E-state index in [1.54, 1.807) is 16.8 Å². The zero-order chi connectivity index (χ0) is 26.9. The molecule has 0 radical (unpaired) electrons. The molecule has 7 nitrogen and oxygen atoms in total. The van der Waals surface area contributed by atoms with E-state index in [1.165, 1.54) is 18.4 Å². The van der Waals surface area contributed by atoms with Crippen molar-refractivity contribution in [3.8, 4) is 11.1 Å². The SMILES string of the molecule is CCn1c(=O)c(-c2c(Cl)cc(C3CCNC3)cc2Cl)cc2cnc(Nc3ccc(C4CCCNC4)cc3)nc21. The molecule has 39 heavy (non-hydrogen) atoms. The Morgan fingerprint density at radius 2 is 1.69 bits per heavy atom. The van der Waals surface area contributed by atoms with E-state index < -0.39 is 0 Å². The molecule has 4 aromatic rings. The summed E-state index contributed by atoms with van der Waals surface area (Å²) in [4.78, 5) is 22.9. The van der Waals surface area contributed by atoms with Crippen molar-refractivity contribution < 1.29 is 0 Å². The van der Waals surface area contributed by atoms with Crippen molar-refractivity contribution in [3.05, 3.63) is 80.2 Å². The van der Waals surface area contributed by atoms with Gasteiger partial charge in [-0.1, -0.05) is 35.3 Å². The van der Waals surface area contributed by atoms with Gasteiger partial charge in [0.25, 0.3) is 5.56 Å². The molecule has 2 aromatic heterocycles. The second-order valence-corrected chi connectivity index (χ2v) is 11.2. The molecule has 0 spiro atoms. The number of fused-ring (bicyclic) bond motifs is 1. The third-order valence-corrected chi connectivity index (χ3v) is 8.54. The number of aryl methyl sites for hydroxylation is 1. The van der Waals surface area contributed by atoms with Gasteiger partial charge in [-0.05, 0) is 92.6 Å². The summed E-state index contributed by atoms with van der Waals surface area (Å²) in [5.74, 6) is 1.36. The molecule has 4 heterocycles. The Labute approximate surface area is 238 Å². The van der Waals surface area contributed by atoms with Crippen molar-refractivity contribution in [1.29, 1.82) is 0 Å². The molecule has 2 aliphatic rings. The van der Waals surface area contributed by atoms with E-state index in [9.17, 15) is 4.79 Å². The van der Waals surface area contributed by atoms with Gasteiger partial charge >= 0.3 is 0 Å². The first-order valence-electron chi connectivity index (χ1n) is 13.7. The van der Waals surface area contributed by atoms with Gasteiger partial charge in [0.15, 0.2) is 0 Å².